The summed E-state index contributed by atoms with van der Waals surface area (Å²) in [5.41, 5.74) is 0. The van der Waals surface area contributed by atoms with Gasteiger partial charge in [0.2, 0.25) is 0 Å². The van der Waals surface area contributed by atoms with Crippen molar-refractivity contribution >= 4 is 0 Å². The van der Waals surface area contributed by atoms with E-state index in [1.165, 1.54) is 122 Å². The van der Waals surface area contributed by atoms with E-state index in [1.54, 1.807) is 0 Å². The summed E-state index contributed by atoms with van der Waals surface area (Å²) in [5, 5.41) is 3.74. The molecule has 1 aliphatic carbocycles. The highest BCUT2D eigenvalue weighted by Gasteiger charge is 2.22. The predicted octanol–water partition coefficient (Wildman–Crippen LogP) is 8.02. The topological polar surface area (TPSA) is 15.3 Å². The molecule has 2 fully saturated rings. The highest BCUT2D eigenvalue weighted by atomic mass is 15.2. The molecule has 0 bridgehead atoms. The molecule has 0 spiro atoms. The van der Waals surface area contributed by atoms with Gasteiger partial charge in [0.05, 0.1) is 0 Å². The number of hydrogen-bond acceptors (Lipinski definition) is 2. The first kappa shape index (κ1) is 27.0. The van der Waals surface area contributed by atoms with Crippen molar-refractivity contribution in [2.75, 3.05) is 26.3 Å². The van der Waals surface area contributed by atoms with Crippen LogP contribution in [0.2, 0.25) is 0 Å². The van der Waals surface area contributed by atoms with Gasteiger partial charge in [0.15, 0.2) is 0 Å². The fourth-order valence-corrected chi connectivity index (χ4v) is 5.52. The summed E-state index contributed by atoms with van der Waals surface area (Å²) in [6.45, 7) is 13.7. The Morgan fingerprint density at radius 2 is 1.52 bits per heavy atom. The van der Waals surface area contributed by atoms with Crippen LogP contribution in [0.3, 0.4) is 0 Å². The SMILES string of the molecule is CC.CCCCCCC(CCC)CC1CCN(CNCCC2CCCCC2)CC1. The van der Waals surface area contributed by atoms with E-state index in [2.05, 4.69) is 24.1 Å². The van der Waals surface area contributed by atoms with Crippen LogP contribution >= 0.6 is 0 Å². The van der Waals surface area contributed by atoms with Crippen molar-refractivity contribution in [1.82, 2.24) is 10.2 Å². The van der Waals surface area contributed by atoms with Gasteiger partial charge < -0.3 is 5.32 Å². The van der Waals surface area contributed by atoms with Crippen LogP contribution < -0.4 is 5.32 Å². The van der Waals surface area contributed by atoms with Crippen molar-refractivity contribution in [3.8, 4) is 0 Å². The van der Waals surface area contributed by atoms with Crippen LogP contribution in [0, 0.1) is 17.8 Å². The van der Waals surface area contributed by atoms with Gasteiger partial charge in [0.25, 0.3) is 0 Å². The van der Waals surface area contributed by atoms with Gasteiger partial charge in [0.1, 0.15) is 0 Å². The minimum absolute atomic E-state index is 1.01. The van der Waals surface area contributed by atoms with Gasteiger partial charge in [-0.15, -0.1) is 0 Å². The number of unbranched alkanes of at least 4 members (excludes halogenated alkanes) is 3. The van der Waals surface area contributed by atoms with E-state index in [-0.39, 0.29) is 0 Å². The Kier molecular flexibility index (Phi) is 17.4. The van der Waals surface area contributed by atoms with E-state index in [0.29, 0.717) is 0 Å². The maximum atomic E-state index is 3.74. The van der Waals surface area contributed by atoms with Gasteiger partial charge in [0, 0.05) is 6.67 Å². The molecule has 2 nitrogen and oxygen atoms in total. The molecule has 1 N–H and O–H groups in total. The molecule has 1 unspecified atom stereocenters. The molecule has 1 atom stereocenters. The molecule has 0 aromatic heterocycles. The first-order valence-electron chi connectivity index (χ1n) is 13.7. The molecule has 0 amide bonds. The zero-order valence-corrected chi connectivity index (χ0v) is 20.8. The lowest BCUT2D eigenvalue weighted by molar-refractivity contribution is 0.152. The van der Waals surface area contributed by atoms with E-state index in [4.69, 9.17) is 0 Å². The molecule has 1 saturated carbocycles. The lowest BCUT2D eigenvalue weighted by atomic mass is 9.83. The highest BCUT2D eigenvalue weighted by Crippen LogP contribution is 2.29. The van der Waals surface area contributed by atoms with Crippen LogP contribution in [0.1, 0.15) is 130 Å². The molecule has 0 aromatic carbocycles. The average molecular weight is 409 g/mol. The molecule has 1 saturated heterocycles. The molecule has 0 aromatic rings. The summed E-state index contributed by atoms with van der Waals surface area (Å²) in [7, 11) is 0. The number of hydrogen-bond donors (Lipinski definition) is 1. The number of rotatable bonds is 14. The van der Waals surface area contributed by atoms with Crippen LogP contribution in [0.5, 0.6) is 0 Å². The monoisotopic (exact) mass is 408 g/mol. The van der Waals surface area contributed by atoms with E-state index in [1.807, 2.05) is 13.8 Å². The van der Waals surface area contributed by atoms with Gasteiger partial charge in [-0.2, -0.15) is 0 Å². The minimum atomic E-state index is 1.01. The lowest BCUT2D eigenvalue weighted by Crippen LogP contribution is -2.40. The molecule has 29 heavy (non-hydrogen) atoms. The third-order valence-electron chi connectivity index (χ3n) is 7.33. The number of nitrogens with zero attached hydrogens (tertiary/aromatic N) is 1. The summed E-state index contributed by atoms with van der Waals surface area (Å²) in [4.78, 5) is 2.67. The smallest absolute Gasteiger partial charge is 0.0480 e. The quantitative estimate of drug-likeness (QED) is 0.293. The second-order valence-corrected chi connectivity index (χ2v) is 9.75. The first-order chi connectivity index (χ1) is 14.3. The number of likely N-dealkylation sites (tertiary alicyclic amines) is 1. The van der Waals surface area contributed by atoms with Gasteiger partial charge >= 0.3 is 0 Å². The normalized spacial score (nSPS) is 20.3. The Balaban J connectivity index is 0.00000204. The van der Waals surface area contributed by atoms with Crippen molar-refractivity contribution in [1.29, 1.82) is 0 Å². The number of piperidine rings is 1. The van der Waals surface area contributed by atoms with Gasteiger partial charge in [-0.3, -0.25) is 4.90 Å². The Morgan fingerprint density at radius 3 is 2.17 bits per heavy atom. The van der Waals surface area contributed by atoms with Crippen LogP contribution in [-0.4, -0.2) is 31.2 Å². The van der Waals surface area contributed by atoms with E-state index < -0.39 is 0 Å². The summed E-state index contributed by atoms with van der Waals surface area (Å²) < 4.78 is 0. The zero-order chi connectivity index (χ0) is 21.2. The van der Waals surface area contributed by atoms with E-state index >= 15 is 0 Å². The van der Waals surface area contributed by atoms with Crippen LogP contribution in [0.25, 0.3) is 0 Å². The molecule has 0 radical (unpaired) electrons. The van der Waals surface area contributed by atoms with Crippen molar-refractivity contribution < 1.29 is 0 Å². The third kappa shape index (κ3) is 13.0. The second kappa shape index (κ2) is 18.7. The number of nitrogens with one attached hydrogen (secondary N) is 1. The fourth-order valence-electron chi connectivity index (χ4n) is 5.52. The minimum Gasteiger partial charge on any atom is -0.304 e. The molecular weight excluding hydrogens is 352 g/mol. The van der Waals surface area contributed by atoms with Crippen molar-refractivity contribution in [2.45, 2.75) is 130 Å². The maximum absolute atomic E-state index is 3.74. The fraction of sp³-hybridized carbons (Fsp3) is 1.00. The largest absolute Gasteiger partial charge is 0.304 e. The summed E-state index contributed by atoms with van der Waals surface area (Å²) in [6.07, 6.45) is 23.3. The highest BCUT2D eigenvalue weighted by molar-refractivity contribution is 4.75. The van der Waals surface area contributed by atoms with Crippen molar-refractivity contribution in [3.63, 3.8) is 0 Å². The average Bonchev–Trinajstić information content (AvgIpc) is 2.77. The molecule has 2 rings (SSSR count). The van der Waals surface area contributed by atoms with Crippen molar-refractivity contribution in [2.24, 2.45) is 17.8 Å². The maximum Gasteiger partial charge on any atom is 0.0480 e. The first-order valence-corrected chi connectivity index (χ1v) is 13.7. The molecule has 1 heterocycles. The predicted molar refractivity (Wildman–Crippen MR) is 131 cm³/mol. The Morgan fingerprint density at radius 1 is 0.793 bits per heavy atom. The molecule has 1 aliphatic heterocycles. The summed E-state index contributed by atoms with van der Waals surface area (Å²) in [5.74, 6) is 3.04. The van der Waals surface area contributed by atoms with Gasteiger partial charge in [-0.05, 0) is 63.1 Å². The molecule has 2 heteroatoms. The van der Waals surface area contributed by atoms with Crippen LogP contribution in [-0.2, 0) is 0 Å². The van der Waals surface area contributed by atoms with Gasteiger partial charge in [-0.25, -0.2) is 0 Å². The summed E-state index contributed by atoms with van der Waals surface area (Å²) >= 11 is 0. The molecular formula is C27H56N2. The van der Waals surface area contributed by atoms with Crippen LogP contribution in [0.4, 0.5) is 0 Å². The second-order valence-electron chi connectivity index (χ2n) is 9.75. The lowest BCUT2D eigenvalue weighted by Gasteiger charge is -2.34. The standard InChI is InChI=1S/C25H50N2.C2H6/c1-3-5-6-8-14-24(11-4-2)21-25-16-19-27(20-17-25)22-26-18-15-23-12-9-7-10-13-23;1-2/h23-26H,3-22H2,1-2H3;1-2H3. The van der Waals surface area contributed by atoms with Crippen LogP contribution in [0.15, 0.2) is 0 Å². The van der Waals surface area contributed by atoms with E-state index in [9.17, 15) is 0 Å². The Labute approximate surface area is 185 Å². The van der Waals surface area contributed by atoms with Gasteiger partial charge in [-0.1, -0.05) is 105 Å². The Hall–Kier alpha value is -0.0800. The van der Waals surface area contributed by atoms with Crippen molar-refractivity contribution in [3.05, 3.63) is 0 Å². The van der Waals surface area contributed by atoms with E-state index in [0.717, 1.165) is 24.4 Å². The Bertz CT molecular complexity index is 329. The molecule has 174 valence electrons. The summed E-state index contributed by atoms with van der Waals surface area (Å²) in [6, 6.07) is 0. The zero-order valence-electron chi connectivity index (χ0n) is 20.8. The third-order valence-corrected chi connectivity index (χ3v) is 7.33. The molecule has 2 aliphatic rings.